The Morgan fingerprint density at radius 1 is 1.38 bits per heavy atom. The second kappa shape index (κ2) is 7.28. The van der Waals surface area contributed by atoms with E-state index in [1.54, 1.807) is 30.7 Å². The van der Waals surface area contributed by atoms with Crippen molar-refractivity contribution in [3.05, 3.63) is 60.0 Å². The minimum absolute atomic E-state index is 0.227. The Labute approximate surface area is 138 Å². The highest BCUT2D eigenvalue weighted by molar-refractivity contribution is 5.93. The number of carbonyl (C=O) groups is 1. The van der Waals surface area contributed by atoms with Gasteiger partial charge in [-0.1, -0.05) is 0 Å². The average Bonchev–Trinajstić information content (AvgIpc) is 3.28. The average molecular weight is 324 g/mol. The maximum Gasteiger partial charge on any atom is 0.291 e. The molecule has 0 saturated carbocycles. The summed E-state index contributed by atoms with van der Waals surface area (Å²) in [6, 6.07) is 12.5. The number of aromatic amines is 1. The third-order valence-electron chi connectivity index (χ3n) is 3.17. The maximum atomic E-state index is 12.0. The van der Waals surface area contributed by atoms with E-state index in [0.29, 0.717) is 18.1 Å². The van der Waals surface area contributed by atoms with Crippen molar-refractivity contribution in [3.63, 3.8) is 0 Å². The molecule has 0 aliphatic rings. The lowest BCUT2D eigenvalue weighted by Gasteiger charge is -2.02. The lowest BCUT2D eigenvalue weighted by molar-refractivity contribution is 0.0950. The summed E-state index contributed by atoms with van der Waals surface area (Å²) < 4.78 is 10.6. The highest BCUT2D eigenvalue weighted by Gasteiger charge is 2.11. The summed E-state index contributed by atoms with van der Waals surface area (Å²) >= 11 is 0. The fraction of sp³-hybridized carbons (Fsp3) is 0.118. The Balaban J connectivity index is 1.59. The lowest BCUT2D eigenvalue weighted by atomic mass is 10.2. The zero-order chi connectivity index (χ0) is 16.8. The number of hydrazone groups is 1. The molecule has 24 heavy (non-hydrogen) atoms. The first-order valence-corrected chi connectivity index (χ1v) is 7.42. The predicted molar refractivity (Wildman–Crippen MR) is 89.0 cm³/mol. The summed E-state index contributed by atoms with van der Waals surface area (Å²) in [4.78, 5) is 12.0. The number of nitrogens with zero attached hydrogens (tertiary/aromatic N) is 2. The molecule has 0 spiro atoms. The van der Waals surface area contributed by atoms with Crippen LogP contribution in [0.1, 0.15) is 23.0 Å². The molecule has 2 N–H and O–H groups in total. The minimum atomic E-state index is -0.411. The van der Waals surface area contributed by atoms with Gasteiger partial charge in [-0.2, -0.15) is 10.2 Å². The molecular formula is C17H16N4O3. The first kappa shape index (κ1) is 15.5. The number of aromatic nitrogens is 2. The molecule has 122 valence electrons. The van der Waals surface area contributed by atoms with Gasteiger partial charge in [0.05, 0.1) is 19.1 Å². The monoisotopic (exact) mass is 324 g/mol. The van der Waals surface area contributed by atoms with Crippen LogP contribution >= 0.6 is 0 Å². The maximum absolute atomic E-state index is 12.0. The molecule has 1 aromatic carbocycles. The molecule has 0 unspecified atom stereocenters. The van der Waals surface area contributed by atoms with E-state index < -0.39 is 5.91 Å². The van der Waals surface area contributed by atoms with Gasteiger partial charge in [0.1, 0.15) is 11.4 Å². The van der Waals surface area contributed by atoms with Crippen LogP contribution in [0.4, 0.5) is 0 Å². The number of carbonyl (C=O) groups excluding carboxylic acids is 1. The molecule has 0 bridgehead atoms. The zero-order valence-corrected chi connectivity index (χ0v) is 13.0. The Morgan fingerprint density at radius 2 is 2.21 bits per heavy atom. The summed E-state index contributed by atoms with van der Waals surface area (Å²) in [6.45, 7) is 2.55. The first-order valence-electron chi connectivity index (χ1n) is 7.42. The molecule has 7 heteroatoms. The Bertz CT molecular complexity index is 820. The van der Waals surface area contributed by atoms with Crippen molar-refractivity contribution in [2.75, 3.05) is 6.61 Å². The molecular weight excluding hydrogens is 308 g/mol. The number of benzene rings is 1. The minimum Gasteiger partial charge on any atom is -0.494 e. The van der Waals surface area contributed by atoms with E-state index in [2.05, 4.69) is 20.7 Å². The van der Waals surface area contributed by atoms with Crippen LogP contribution in [0.15, 0.2) is 58.2 Å². The van der Waals surface area contributed by atoms with Gasteiger partial charge in [0, 0.05) is 6.07 Å². The van der Waals surface area contributed by atoms with Crippen LogP contribution in [0.25, 0.3) is 11.5 Å². The summed E-state index contributed by atoms with van der Waals surface area (Å²) in [6.07, 6.45) is 3.10. The molecule has 0 fully saturated rings. The second-order valence-corrected chi connectivity index (χ2v) is 4.85. The van der Waals surface area contributed by atoms with Gasteiger partial charge in [-0.25, -0.2) is 5.43 Å². The lowest BCUT2D eigenvalue weighted by Crippen LogP contribution is -2.17. The number of amides is 1. The zero-order valence-electron chi connectivity index (χ0n) is 13.0. The van der Waals surface area contributed by atoms with E-state index in [9.17, 15) is 4.79 Å². The second-order valence-electron chi connectivity index (χ2n) is 4.85. The van der Waals surface area contributed by atoms with E-state index in [1.165, 1.54) is 0 Å². The fourth-order valence-corrected chi connectivity index (χ4v) is 2.04. The Hall–Kier alpha value is -3.35. The van der Waals surface area contributed by atoms with Crippen LogP contribution in [0.5, 0.6) is 5.75 Å². The fourth-order valence-electron chi connectivity index (χ4n) is 2.04. The van der Waals surface area contributed by atoms with E-state index in [0.717, 1.165) is 11.3 Å². The number of hydrogen-bond donors (Lipinski definition) is 2. The van der Waals surface area contributed by atoms with Gasteiger partial charge in [0.25, 0.3) is 5.91 Å². The van der Waals surface area contributed by atoms with E-state index in [-0.39, 0.29) is 5.69 Å². The molecule has 7 nitrogen and oxygen atoms in total. The van der Waals surface area contributed by atoms with Crippen LogP contribution in [0.3, 0.4) is 0 Å². The van der Waals surface area contributed by atoms with Gasteiger partial charge >= 0.3 is 0 Å². The third kappa shape index (κ3) is 3.70. The molecule has 0 radical (unpaired) electrons. The Kier molecular flexibility index (Phi) is 4.71. The number of furan rings is 1. The predicted octanol–water partition coefficient (Wildman–Crippen LogP) is 2.83. The summed E-state index contributed by atoms with van der Waals surface area (Å²) in [7, 11) is 0. The van der Waals surface area contributed by atoms with Crippen molar-refractivity contribution >= 4 is 12.1 Å². The first-order chi connectivity index (χ1) is 11.8. The van der Waals surface area contributed by atoms with Gasteiger partial charge < -0.3 is 9.15 Å². The van der Waals surface area contributed by atoms with Crippen LogP contribution < -0.4 is 10.2 Å². The largest absolute Gasteiger partial charge is 0.494 e. The Morgan fingerprint density at radius 3 is 2.92 bits per heavy atom. The summed E-state index contributed by atoms with van der Waals surface area (Å²) in [5, 5.41) is 10.6. The smallest absolute Gasteiger partial charge is 0.291 e. The van der Waals surface area contributed by atoms with Crippen molar-refractivity contribution in [2.24, 2.45) is 5.10 Å². The number of rotatable bonds is 6. The van der Waals surface area contributed by atoms with E-state index in [4.69, 9.17) is 9.15 Å². The van der Waals surface area contributed by atoms with E-state index in [1.807, 2.05) is 31.2 Å². The number of H-pyrrole nitrogens is 1. The molecule has 2 heterocycles. The molecule has 0 aliphatic heterocycles. The third-order valence-corrected chi connectivity index (χ3v) is 3.17. The normalized spacial score (nSPS) is 10.9. The molecule has 3 rings (SSSR count). The quantitative estimate of drug-likeness (QED) is 0.538. The standard InChI is InChI=1S/C17H16N4O3/c1-2-23-13-7-5-12(6-8-13)11-18-21-17(22)15-10-14(19-20-15)16-4-3-9-24-16/h3-11H,2H2,1H3,(H,19,20)(H,21,22)/b18-11-. The van der Waals surface area contributed by atoms with Crippen molar-refractivity contribution in [1.29, 1.82) is 0 Å². The van der Waals surface area contributed by atoms with Gasteiger partial charge in [-0.05, 0) is 48.9 Å². The van der Waals surface area contributed by atoms with Gasteiger partial charge in [0.2, 0.25) is 0 Å². The van der Waals surface area contributed by atoms with Crippen LogP contribution in [0, 0.1) is 0 Å². The molecule has 2 aromatic heterocycles. The van der Waals surface area contributed by atoms with Crippen molar-refractivity contribution in [3.8, 4) is 17.2 Å². The SMILES string of the molecule is CCOc1ccc(/C=N\NC(=O)c2cc(-c3ccco3)[nH]n2)cc1. The van der Waals surface area contributed by atoms with Crippen LogP contribution in [0.2, 0.25) is 0 Å². The highest BCUT2D eigenvalue weighted by atomic mass is 16.5. The molecule has 0 saturated heterocycles. The van der Waals surface area contributed by atoms with Crippen LogP contribution in [-0.4, -0.2) is 28.9 Å². The van der Waals surface area contributed by atoms with Crippen molar-refractivity contribution < 1.29 is 13.9 Å². The summed E-state index contributed by atoms with van der Waals surface area (Å²) in [5.74, 6) is 0.992. The van der Waals surface area contributed by atoms with Gasteiger partial charge in [-0.15, -0.1) is 0 Å². The molecule has 0 atom stereocenters. The van der Waals surface area contributed by atoms with Crippen molar-refractivity contribution in [2.45, 2.75) is 6.92 Å². The molecule has 1 amide bonds. The molecule has 0 aliphatic carbocycles. The highest BCUT2D eigenvalue weighted by Crippen LogP contribution is 2.17. The van der Waals surface area contributed by atoms with Crippen molar-refractivity contribution in [1.82, 2.24) is 15.6 Å². The van der Waals surface area contributed by atoms with Crippen LogP contribution in [-0.2, 0) is 0 Å². The van der Waals surface area contributed by atoms with Gasteiger partial charge in [0.15, 0.2) is 11.5 Å². The van der Waals surface area contributed by atoms with E-state index >= 15 is 0 Å². The van der Waals surface area contributed by atoms with Gasteiger partial charge in [-0.3, -0.25) is 9.89 Å². The number of ether oxygens (including phenoxy) is 1. The number of hydrogen-bond acceptors (Lipinski definition) is 5. The number of nitrogens with one attached hydrogen (secondary N) is 2. The topological polar surface area (TPSA) is 92.5 Å². The summed E-state index contributed by atoms with van der Waals surface area (Å²) in [5.41, 5.74) is 4.13. The molecule has 3 aromatic rings.